The van der Waals surface area contributed by atoms with Crippen LogP contribution in [0.25, 0.3) is 0 Å². The summed E-state index contributed by atoms with van der Waals surface area (Å²) in [4.78, 5) is 3.31. The summed E-state index contributed by atoms with van der Waals surface area (Å²) in [5, 5.41) is 1.72. The molecule has 0 bridgehead atoms. The van der Waals surface area contributed by atoms with Gasteiger partial charge in [0.15, 0.2) is 0 Å². The minimum atomic E-state index is -4.63. The first-order valence-electron chi connectivity index (χ1n) is 4.42. The fraction of sp³-hybridized carbons (Fsp3) is 0.286. The van der Waals surface area contributed by atoms with E-state index in [0.29, 0.717) is 6.07 Å². The third-order valence-corrected chi connectivity index (χ3v) is 1.19. The minimum Gasteiger partial charge on any atom is -0.386 e. The van der Waals surface area contributed by atoms with E-state index in [1.807, 2.05) is 6.20 Å². The zero-order valence-corrected chi connectivity index (χ0v) is 5.74. The molecule has 1 N–H and O–H groups in total. The molecule has 0 fully saturated rings. The Balaban J connectivity index is 3.08. The second-order valence-corrected chi connectivity index (χ2v) is 1.97. The van der Waals surface area contributed by atoms with Crippen LogP contribution in [-0.2, 0) is 6.18 Å². The van der Waals surface area contributed by atoms with E-state index in [-0.39, 0.29) is 0 Å². The van der Waals surface area contributed by atoms with Crippen LogP contribution < -0.4 is 5.32 Å². The third kappa shape index (κ3) is 1.66. The largest absolute Gasteiger partial charge is 0.418 e. The number of halogens is 3. The fourth-order valence-corrected chi connectivity index (χ4v) is 0.689. The standard InChI is InChI=1S/C7H6F3N2/c1-11-6-4-12-3-2-5(6)7(8,9)10/h2-3,11H,1H3/i1D3. The predicted molar refractivity (Wildman–Crippen MR) is 37.6 cm³/mol. The van der Waals surface area contributed by atoms with Crippen LogP contribution in [0, 0.1) is 6.20 Å². The smallest absolute Gasteiger partial charge is 0.386 e. The Kier molecular flexibility index (Phi) is 1.35. The molecular weight excluding hydrogens is 169 g/mol. The number of alkyl halides is 3. The van der Waals surface area contributed by atoms with Crippen molar-refractivity contribution in [2.75, 3.05) is 12.3 Å². The molecule has 1 aromatic heterocycles. The van der Waals surface area contributed by atoms with Crippen LogP contribution in [0.4, 0.5) is 18.9 Å². The first-order valence-corrected chi connectivity index (χ1v) is 2.92. The Morgan fingerprint density at radius 2 is 2.42 bits per heavy atom. The van der Waals surface area contributed by atoms with Crippen LogP contribution in [0.3, 0.4) is 0 Å². The van der Waals surface area contributed by atoms with Crippen molar-refractivity contribution in [2.24, 2.45) is 0 Å². The molecule has 2 nitrogen and oxygen atoms in total. The first-order chi connectivity index (χ1) is 6.70. The maximum atomic E-state index is 12.4. The van der Waals surface area contributed by atoms with Gasteiger partial charge in [0.25, 0.3) is 0 Å². The van der Waals surface area contributed by atoms with Gasteiger partial charge in [-0.1, -0.05) is 0 Å². The van der Waals surface area contributed by atoms with Crippen LogP contribution in [0.5, 0.6) is 0 Å². The number of nitrogens with zero attached hydrogens (tertiary/aromatic N) is 1. The lowest BCUT2D eigenvalue weighted by Crippen LogP contribution is -2.09. The Morgan fingerprint density at radius 1 is 1.67 bits per heavy atom. The molecule has 0 aliphatic carbocycles. The van der Waals surface area contributed by atoms with Crippen molar-refractivity contribution in [3.63, 3.8) is 0 Å². The van der Waals surface area contributed by atoms with Crippen molar-refractivity contribution in [1.82, 2.24) is 4.98 Å². The molecule has 1 rings (SSSR count). The van der Waals surface area contributed by atoms with Gasteiger partial charge >= 0.3 is 6.18 Å². The highest BCUT2D eigenvalue weighted by Crippen LogP contribution is 2.33. The lowest BCUT2D eigenvalue weighted by atomic mass is 10.2. The summed E-state index contributed by atoms with van der Waals surface area (Å²) in [5.74, 6) is 0. The number of pyridine rings is 1. The van der Waals surface area contributed by atoms with Crippen molar-refractivity contribution in [3.05, 3.63) is 24.0 Å². The molecule has 1 radical (unpaired) electrons. The number of aromatic nitrogens is 1. The summed E-state index contributed by atoms with van der Waals surface area (Å²) < 4.78 is 57.4. The van der Waals surface area contributed by atoms with Crippen LogP contribution >= 0.6 is 0 Å². The molecule has 12 heavy (non-hydrogen) atoms. The Hall–Kier alpha value is -1.26. The summed E-state index contributed by atoms with van der Waals surface area (Å²) >= 11 is 0. The van der Waals surface area contributed by atoms with Crippen LogP contribution in [0.15, 0.2) is 12.3 Å². The van der Waals surface area contributed by atoms with E-state index in [2.05, 4.69) is 4.98 Å². The van der Waals surface area contributed by atoms with Crippen molar-refractivity contribution in [1.29, 1.82) is 0 Å². The van der Waals surface area contributed by atoms with Gasteiger partial charge in [-0.2, -0.15) is 13.2 Å². The van der Waals surface area contributed by atoms with Crippen molar-refractivity contribution in [2.45, 2.75) is 6.18 Å². The average molecular weight is 178 g/mol. The molecule has 0 spiro atoms. The topological polar surface area (TPSA) is 24.9 Å². The van der Waals surface area contributed by atoms with E-state index in [9.17, 15) is 13.2 Å². The van der Waals surface area contributed by atoms with E-state index in [1.54, 1.807) is 5.32 Å². The zero-order chi connectivity index (χ0) is 11.7. The van der Waals surface area contributed by atoms with Crippen LogP contribution in [0.2, 0.25) is 0 Å². The Labute approximate surface area is 71.6 Å². The number of hydrogen-bond donors (Lipinski definition) is 1. The third-order valence-electron chi connectivity index (χ3n) is 1.19. The highest BCUT2D eigenvalue weighted by Gasteiger charge is 2.33. The van der Waals surface area contributed by atoms with Gasteiger partial charge in [-0.15, -0.1) is 0 Å². The summed E-state index contributed by atoms with van der Waals surface area (Å²) in [6.07, 6.45) is -1.78. The van der Waals surface area contributed by atoms with Crippen LogP contribution in [0.1, 0.15) is 9.68 Å². The maximum Gasteiger partial charge on any atom is 0.418 e. The van der Waals surface area contributed by atoms with Crippen LogP contribution in [-0.4, -0.2) is 12.0 Å². The molecule has 65 valence electrons. The van der Waals surface area contributed by atoms with E-state index < -0.39 is 24.4 Å². The van der Waals surface area contributed by atoms with Gasteiger partial charge in [0, 0.05) is 17.3 Å². The molecule has 0 aromatic carbocycles. The van der Waals surface area contributed by atoms with E-state index in [1.165, 1.54) is 0 Å². The van der Waals surface area contributed by atoms with Gasteiger partial charge in [0.2, 0.25) is 0 Å². The summed E-state index contributed by atoms with van der Waals surface area (Å²) in [5.41, 5.74) is -1.78. The molecule has 0 atom stereocenters. The SMILES string of the molecule is [2H]C([2H])([2H])Nc1[c]nccc1C(F)(F)F. The molecule has 0 aliphatic heterocycles. The number of rotatable bonds is 1. The lowest BCUT2D eigenvalue weighted by Gasteiger charge is -2.10. The second-order valence-electron chi connectivity index (χ2n) is 1.97. The monoisotopic (exact) mass is 178 g/mol. The van der Waals surface area contributed by atoms with Gasteiger partial charge < -0.3 is 5.32 Å². The van der Waals surface area contributed by atoms with Crippen molar-refractivity contribution in [3.8, 4) is 0 Å². The zero-order valence-electron chi connectivity index (χ0n) is 8.74. The molecule has 0 saturated carbocycles. The van der Waals surface area contributed by atoms with Crippen molar-refractivity contribution >= 4 is 5.69 Å². The normalized spacial score (nSPS) is 16.1. The van der Waals surface area contributed by atoms with Gasteiger partial charge in [-0.3, -0.25) is 4.98 Å². The number of hydrogen-bond acceptors (Lipinski definition) is 2. The van der Waals surface area contributed by atoms with Gasteiger partial charge in [0.05, 0.1) is 11.3 Å². The van der Waals surface area contributed by atoms with Crippen molar-refractivity contribution < 1.29 is 17.3 Å². The molecule has 1 heterocycles. The van der Waals surface area contributed by atoms with E-state index >= 15 is 0 Å². The minimum absolute atomic E-state index is 0.676. The van der Waals surface area contributed by atoms with Gasteiger partial charge in [-0.05, 0) is 6.07 Å². The number of nitrogens with one attached hydrogen (secondary N) is 1. The molecule has 0 amide bonds. The highest BCUT2D eigenvalue weighted by molar-refractivity contribution is 5.48. The molecule has 0 unspecified atom stereocenters. The molecule has 1 aromatic rings. The second kappa shape index (κ2) is 3.00. The molecular formula is C7H6F3N2. The average Bonchev–Trinajstić information content (AvgIpc) is 1.99. The Morgan fingerprint density at radius 3 is 3.00 bits per heavy atom. The molecule has 5 heteroatoms. The fourth-order valence-electron chi connectivity index (χ4n) is 0.689. The van der Waals surface area contributed by atoms with E-state index in [4.69, 9.17) is 4.11 Å². The lowest BCUT2D eigenvalue weighted by molar-refractivity contribution is -0.137. The number of anilines is 1. The quantitative estimate of drug-likeness (QED) is 0.710. The first kappa shape index (κ1) is 5.40. The molecule has 0 aliphatic rings. The maximum absolute atomic E-state index is 12.4. The van der Waals surface area contributed by atoms with Gasteiger partial charge in [-0.25, -0.2) is 0 Å². The Bertz CT molecular complexity index is 348. The van der Waals surface area contributed by atoms with Gasteiger partial charge in [0.1, 0.15) is 6.20 Å². The summed E-state index contributed by atoms with van der Waals surface area (Å²) in [7, 11) is 0. The van der Waals surface area contributed by atoms with E-state index in [0.717, 1.165) is 6.20 Å². The summed E-state index contributed by atoms with van der Waals surface area (Å²) in [6.45, 7) is -2.71. The molecule has 0 saturated heterocycles. The predicted octanol–water partition coefficient (Wildman–Crippen LogP) is 1.94. The summed E-state index contributed by atoms with van der Waals surface area (Å²) in [6, 6.07) is 0.685. The highest BCUT2D eigenvalue weighted by atomic mass is 19.4.